The smallest absolute Gasteiger partial charge is 0.338 e. The lowest BCUT2D eigenvalue weighted by atomic mass is 9.95. The van der Waals surface area contributed by atoms with Crippen LogP contribution in [0.5, 0.6) is 11.5 Å². The molecule has 1 aliphatic rings. The number of hydrogen-bond acceptors (Lipinski definition) is 7. The summed E-state index contributed by atoms with van der Waals surface area (Å²) in [6.07, 6.45) is 2.91. The van der Waals surface area contributed by atoms with Crippen LogP contribution in [0.25, 0.3) is 0 Å². The van der Waals surface area contributed by atoms with Crippen molar-refractivity contribution in [1.82, 2.24) is 14.8 Å². The molecule has 1 N–H and O–H groups in total. The Balaban J connectivity index is 1.68. The summed E-state index contributed by atoms with van der Waals surface area (Å²) in [5, 5.41) is 7.37. The number of hydrogen-bond donors (Lipinski definition) is 1. The first-order valence-corrected chi connectivity index (χ1v) is 10.2. The van der Waals surface area contributed by atoms with Crippen molar-refractivity contribution in [3.05, 3.63) is 89.7 Å². The summed E-state index contributed by atoms with van der Waals surface area (Å²) >= 11 is 0. The van der Waals surface area contributed by atoms with Gasteiger partial charge in [-0.25, -0.2) is 13.9 Å². The van der Waals surface area contributed by atoms with E-state index < -0.39 is 12.0 Å². The van der Waals surface area contributed by atoms with Gasteiger partial charge in [0.05, 0.1) is 12.7 Å². The van der Waals surface area contributed by atoms with Gasteiger partial charge in [-0.1, -0.05) is 36.9 Å². The summed E-state index contributed by atoms with van der Waals surface area (Å²) in [6.45, 7) is 5.49. The lowest BCUT2D eigenvalue weighted by molar-refractivity contribution is -0.138. The van der Waals surface area contributed by atoms with Gasteiger partial charge in [-0.2, -0.15) is 10.1 Å². The molecule has 0 amide bonds. The van der Waals surface area contributed by atoms with Crippen LogP contribution >= 0.6 is 0 Å². The highest BCUT2D eigenvalue weighted by molar-refractivity contribution is 5.92. The van der Waals surface area contributed by atoms with Crippen LogP contribution in [-0.2, 0) is 16.1 Å². The van der Waals surface area contributed by atoms with Gasteiger partial charge in [-0.3, -0.25) is 0 Å². The lowest BCUT2D eigenvalue weighted by Gasteiger charge is -2.28. The molecule has 0 fully saturated rings. The van der Waals surface area contributed by atoms with E-state index in [0.29, 0.717) is 39.8 Å². The van der Waals surface area contributed by atoms with Crippen molar-refractivity contribution in [2.75, 3.05) is 19.0 Å². The molecule has 4 rings (SSSR count). The minimum atomic E-state index is -0.601. The normalized spacial score (nSPS) is 14.8. The second-order valence-electron chi connectivity index (χ2n) is 7.27. The molecule has 0 spiro atoms. The summed E-state index contributed by atoms with van der Waals surface area (Å²) in [7, 11) is 1.51. The van der Waals surface area contributed by atoms with Gasteiger partial charge in [-0.15, -0.1) is 0 Å². The monoisotopic (exact) mass is 450 g/mol. The van der Waals surface area contributed by atoms with Gasteiger partial charge >= 0.3 is 5.97 Å². The molecule has 0 saturated carbocycles. The zero-order valence-electron chi connectivity index (χ0n) is 18.2. The Bertz CT molecular complexity index is 1220. The van der Waals surface area contributed by atoms with E-state index in [1.54, 1.807) is 48.0 Å². The van der Waals surface area contributed by atoms with E-state index in [1.165, 1.54) is 25.6 Å². The fourth-order valence-electron chi connectivity index (χ4n) is 3.62. The molecule has 33 heavy (non-hydrogen) atoms. The number of rotatable bonds is 8. The largest absolute Gasteiger partial charge is 0.493 e. The van der Waals surface area contributed by atoms with Crippen molar-refractivity contribution in [3.63, 3.8) is 0 Å². The Morgan fingerprint density at radius 2 is 2.09 bits per heavy atom. The molecule has 1 atom stereocenters. The molecule has 0 bridgehead atoms. The van der Waals surface area contributed by atoms with Gasteiger partial charge < -0.3 is 19.5 Å². The highest BCUT2D eigenvalue weighted by Crippen LogP contribution is 2.39. The maximum Gasteiger partial charge on any atom is 0.338 e. The molecule has 0 saturated heterocycles. The van der Waals surface area contributed by atoms with Crippen LogP contribution in [0.1, 0.15) is 24.1 Å². The minimum Gasteiger partial charge on any atom is -0.493 e. The molecular formula is C24H23FN4O4. The van der Waals surface area contributed by atoms with Gasteiger partial charge in [0, 0.05) is 11.3 Å². The Kier molecular flexibility index (Phi) is 6.39. The number of benzene rings is 2. The van der Waals surface area contributed by atoms with E-state index in [9.17, 15) is 9.18 Å². The summed E-state index contributed by atoms with van der Waals surface area (Å²) in [4.78, 5) is 17.1. The Morgan fingerprint density at radius 1 is 1.27 bits per heavy atom. The summed E-state index contributed by atoms with van der Waals surface area (Å²) in [5.41, 5.74) is 2.13. The molecular weight excluding hydrogens is 427 g/mol. The van der Waals surface area contributed by atoms with E-state index in [2.05, 4.69) is 22.0 Å². The molecule has 1 aromatic heterocycles. The number of methoxy groups -OCH3 is 1. The quantitative estimate of drug-likeness (QED) is 0.410. The van der Waals surface area contributed by atoms with Crippen LogP contribution in [-0.4, -0.2) is 34.5 Å². The van der Waals surface area contributed by atoms with Crippen molar-refractivity contribution in [2.45, 2.75) is 19.6 Å². The molecule has 170 valence electrons. The van der Waals surface area contributed by atoms with Crippen molar-refractivity contribution in [2.24, 2.45) is 0 Å². The maximum atomic E-state index is 13.9. The summed E-state index contributed by atoms with van der Waals surface area (Å²) in [6, 6.07) is 11.1. The van der Waals surface area contributed by atoms with Crippen LogP contribution in [0.15, 0.2) is 72.7 Å². The number of allylic oxidation sites excluding steroid dienone is 1. The molecule has 0 aliphatic carbocycles. The van der Waals surface area contributed by atoms with Crippen molar-refractivity contribution in [3.8, 4) is 11.5 Å². The SMILES string of the molecule is C=CCOC(=O)C1=C(C)Nc2ncnn2C1c1ccc(OCc2ccccc2F)c(OC)c1. The van der Waals surface area contributed by atoms with Crippen LogP contribution in [0.4, 0.5) is 10.3 Å². The van der Waals surface area contributed by atoms with Crippen molar-refractivity contribution < 1.29 is 23.4 Å². The number of carbonyl (C=O) groups is 1. The third-order valence-electron chi connectivity index (χ3n) is 5.19. The third-order valence-corrected chi connectivity index (χ3v) is 5.19. The number of nitrogens with one attached hydrogen (secondary N) is 1. The number of carbonyl (C=O) groups excluding carboxylic acids is 1. The third kappa shape index (κ3) is 4.43. The summed E-state index contributed by atoms with van der Waals surface area (Å²) < 4.78 is 32.2. The van der Waals surface area contributed by atoms with E-state index in [-0.39, 0.29) is 19.0 Å². The van der Waals surface area contributed by atoms with Gasteiger partial charge in [-0.05, 0) is 30.7 Å². The number of halogens is 1. The molecule has 0 radical (unpaired) electrons. The maximum absolute atomic E-state index is 13.9. The highest BCUT2D eigenvalue weighted by Gasteiger charge is 2.34. The second kappa shape index (κ2) is 9.56. The predicted octanol–water partition coefficient (Wildman–Crippen LogP) is 4.02. The zero-order valence-corrected chi connectivity index (χ0v) is 18.2. The lowest BCUT2D eigenvalue weighted by Crippen LogP contribution is -2.29. The number of esters is 1. The number of aromatic nitrogens is 3. The topological polar surface area (TPSA) is 87.5 Å². The van der Waals surface area contributed by atoms with Gasteiger partial charge in [0.1, 0.15) is 31.4 Å². The summed E-state index contributed by atoms with van der Waals surface area (Å²) in [5.74, 6) is 0.528. The van der Waals surface area contributed by atoms with Crippen molar-refractivity contribution in [1.29, 1.82) is 0 Å². The molecule has 1 aliphatic heterocycles. The molecule has 3 aromatic rings. The van der Waals surface area contributed by atoms with Crippen LogP contribution in [0.3, 0.4) is 0 Å². The first-order valence-electron chi connectivity index (χ1n) is 10.2. The minimum absolute atomic E-state index is 0.0428. The standard InChI is InChI=1S/C24H23FN4O4/c1-4-11-32-23(30)21-15(2)28-24-26-14-27-29(24)22(21)16-9-10-19(20(12-16)31-3)33-13-17-7-5-6-8-18(17)25/h4-10,12,14,22H,1,11,13H2,2-3H3,(H,26,27,28). The van der Waals surface area contributed by atoms with Crippen molar-refractivity contribution >= 4 is 11.9 Å². The van der Waals surface area contributed by atoms with Gasteiger partial charge in [0.2, 0.25) is 5.95 Å². The Labute approximate surface area is 190 Å². The number of anilines is 1. The predicted molar refractivity (Wildman–Crippen MR) is 119 cm³/mol. The first-order chi connectivity index (χ1) is 16.0. The Morgan fingerprint density at radius 3 is 2.85 bits per heavy atom. The number of fused-ring (bicyclic) bond motifs is 1. The van der Waals surface area contributed by atoms with E-state index in [0.717, 1.165) is 0 Å². The highest BCUT2D eigenvalue weighted by atomic mass is 19.1. The molecule has 8 nitrogen and oxygen atoms in total. The molecule has 1 unspecified atom stereocenters. The molecule has 2 heterocycles. The number of nitrogens with zero attached hydrogens (tertiary/aromatic N) is 3. The fourth-order valence-corrected chi connectivity index (χ4v) is 3.62. The van der Waals surface area contributed by atoms with E-state index >= 15 is 0 Å². The zero-order chi connectivity index (χ0) is 23.4. The van der Waals surface area contributed by atoms with E-state index in [1.807, 2.05) is 0 Å². The average Bonchev–Trinajstić information content (AvgIpc) is 3.29. The average molecular weight is 450 g/mol. The van der Waals surface area contributed by atoms with Gasteiger partial charge in [0.15, 0.2) is 11.5 Å². The van der Waals surface area contributed by atoms with Crippen LogP contribution in [0, 0.1) is 5.82 Å². The van der Waals surface area contributed by atoms with Crippen LogP contribution < -0.4 is 14.8 Å². The van der Waals surface area contributed by atoms with Crippen LogP contribution in [0.2, 0.25) is 0 Å². The molecule has 2 aromatic carbocycles. The first kappa shape index (κ1) is 22.1. The number of ether oxygens (including phenoxy) is 3. The Hall–Kier alpha value is -4.14. The fraction of sp³-hybridized carbons (Fsp3) is 0.208. The van der Waals surface area contributed by atoms with Gasteiger partial charge in [0.25, 0.3) is 0 Å². The molecule has 9 heteroatoms. The second-order valence-corrected chi connectivity index (χ2v) is 7.27. The van der Waals surface area contributed by atoms with E-state index in [4.69, 9.17) is 14.2 Å².